The van der Waals surface area contributed by atoms with E-state index in [0.29, 0.717) is 0 Å². The molecule has 1 aromatic heterocycles. The minimum absolute atomic E-state index is 0.108. The second-order valence-electron chi connectivity index (χ2n) is 4.80. The number of esters is 1. The van der Waals surface area contributed by atoms with Gasteiger partial charge in [0.15, 0.2) is 0 Å². The first-order valence-electron chi connectivity index (χ1n) is 6.27. The molecule has 1 heterocycles. The number of imidazole rings is 1. The van der Waals surface area contributed by atoms with Gasteiger partial charge in [0.25, 0.3) is 0 Å². The van der Waals surface area contributed by atoms with Crippen molar-refractivity contribution in [2.24, 2.45) is 5.92 Å². The summed E-state index contributed by atoms with van der Waals surface area (Å²) in [5.41, 5.74) is 2.51. The van der Waals surface area contributed by atoms with Crippen LogP contribution in [0.3, 0.4) is 0 Å². The van der Waals surface area contributed by atoms with Crippen LogP contribution in [0.4, 0.5) is 0 Å². The minimum Gasteiger partial charge on any atom is -0.469 e. The molecule has 0 spiro atoms. The molecule has 1 aliphatic rings. The summed E-state index contributed by atoms with van der Waals surface area (Å²) in [7, 11) is 1.44. The summed E-state index contributed by atoms with van der Waals surface area (Å²) in [6, 6.07) is 0.108. The number of aromatic nitrogens is 2. The van der Waals surface area contributed by atoms with E-state index in [9.17, 15) is 4.79 Å². The van der Waals surface area contributed by atoms with Crippen molar-refractivity contribution in [1.82, 2.24) is 9.55 Å². The topological polar surface area (TPSA) is 44.1 Å². The molecule has 17 heavy (non-hydrogen) atoms. The maximum Gasteiger partial charge on any atom is 0.310 e. The maximum atomic E-state index is 11.6. The molecule has 2 unspecified atom stereocenters. The van der Waals surface area contributed by atoms with Crippen molar-refractivity contribution in [3.8, 4) is 0 Å². The van der Waals surface area contributed by atoms with Crippen LogP contribution in [-0.4, -0.2) is 22.6 Å². The lowest BCUT2D eigenvalue weighted by Crippen LogP contribution is -2.24. The van der Waals surface area contributed by atoms with Crippen LogP contribution >= 0.6 is 0 Å². The van der Waals surface area contributed by atoms with E-state index in [0.717, 1.165) is 12.8 Å². The van der Waals surface area contributed by atoms with Gasteiger partial charge in [-0.25, -0.2) is 4.98 Å². The highest BCUT2D eigenvalue weighted by Crippen LogP contribution is 2.26. The van der Waals surface area contributed by atoms with Crippen molar-refractivity contribution in [3.05, 3.63) is 17.7 Å². The Hall–Kier alpha value is -1.32. The van der Waals surface area contributed by atoms with Gasteiger partial charge in [0, 0.05) is 11.7 Å². The average Bonchev–Trinajstić information content (AvgIpc) is 2.79. The Labute approximate surface area is 102 Å². The molecule has 4 heteroatoms. The SMILES string of the molecule is COC(=O)C(C)C(C)n1cnc2c1CCCC2. The predicted molar refractivity (Wildman–Crippen MR) is 64.8 cm³/mol. The number of ether oxygens (including phenoxy) is 1. The number of fused-ring (bicyclic) bond motifs is 1. The van der Waals surface area contributed by atoms with E-state index in [1.165, 1.54) is 31.3 Å². The highest BCUT2D eigenvalue weighted by Gasteiger charge is 2.25. The molecule has 2 rings (SSSR count). The van der Waals surface area contributed by atoms with Gasteiger partial charge >= 0.3 is 5.97 Å². The highest BCUT2D eigenvalue weighted by molar-refractivity contribution is 5.72. The molecule has 0 radical (unpaired) electrons. The van der Waals surface area contributed by atoms with Crippen LogP contribution in [0.25, 0.3) is 0 Å². The molecule has 0 amide bonds. The van der Waals surface area contributed by atoms with Crippen LogP contribution in [0.2, 0.25) is 0 Å². The number of hydrogen-bond donors (Lipinski definition) is 0. The fraction of sp³-hybridized carbons (Fsp3) is 0.692. The first kappa shape index (κ1) is 12.1. The lowest BCUT2D eigenvalue weighted by Gasteiger charge is -2.23. The van der Waals surface area contributed by atoms with Gasteiger partial charge in [-0.2, -0.15) is 0 Å². The number of aryl methyl sites for hydroxylation is 1. The van der Waals surface area contributed by atoms with Crippen molar-refractivity contribution in [3.63, 3.8) is 0 Å². The van der Waals surface area contributed by atoms with Crippen LogP contribution in [0.1, 0.15) is 44.1 Å². The first-order valence-corrected chi connectivity index (χ1v) is 6.27. The number of hydrogen-bond acceptors (Lipinski definition) is 3. The van der Waals surface area contributed by atoms with Crippen molar-refractivity contribution in [1.29, 1.82) is 0 Å². The monoisotopic (exact) mass is 236 g/mol. The van der Waals surface area contributed by atoms with Gasteiger partial charge in [-0.1, -0.05) is 0 Å². The zero-order valence-electron chi connectivity index (χ0n) is 10.8. The molecule has 0 aliphatic heterocycles. The third-order valence-corrected chi connectivity index (χ3v) is 3.80. The second-order valence-corrected chi connectivity index (χ2v) is 4.80. The van der Waals surface area contributed by atoms with Crippen LogP contribution < -0.4 is 0 Å². The summed E-state index contributed by atoms with van der Waals surface area (Å²) in [5, 5.41) is 0. The Morgan fingerprint density at radius 2 is 2.12 bits per heavy atom. The zero-order chi connectivity index (χ0) is 12.4. The molecule has 0 aromatic carbocycles. The van der Waals surface area contributed by atoms with Gasteiger partial charge in [0.1, 0.15) is 0 Å². The van der Waals surface area contributed by atoms with Crippen LogP contribution in [-0.2, 0) is 22.4 Å². The van der Waals surface area contributed by atoms with E-state index >= 15 is 0 Å². The Kier molecular flexibility index (Phi) is 3.50. The molecule has 0 bridgehead atoms. The molecule has 0 saturated carbocycles. The van der Waals surface area contributed by atoms with Gasteiger partial charge in [0.05, 0.1) is 25.0 Å². The summed E-state index contributed by atoms with van der Waals surface area (Å²) in [6.45, 7) is 3.96. The van der Waals surface area contributed by atoms with Crippen molar-refractivity contribution in [2.45, 2.75) is 45.6 Å². The van der Waals surface area contributed by atoms with Gasteiger partial charge in [-0.05, 0) is 39.5 Å². The summed E-state index contributed by atoms with van der Waals surface area (Å²) in [5.74, 6) is -0.295. The van der Waals surface area contributed by atoms with E-state index in [4.69, 9.17) is 4.74 Å². The molecule has 1 aliphatic carbocycles. The lowest BCUT2D eigenvalue weighted by molar-refractivity contribution is -0.146. The molecular weight excluding hydrogens is 216 g/mol. The number of nitrogens with zero attached hydrogens (tertiary/aromatic N) is 2. The quantitative estimate of drug-likeness (QED) is 0.755. The summed E-state index contributed by atoms with van der Waals surface area (Å²) < 4.78 is 6.95. The van der Waals surface area contributed by atoms with E-state index < -0.39 is 0 Å². The van der Waals surface area contributed by atoms with Crippen LogP contribution in [0.5, 0.6) is 0 Å². The van der Waals surface area contributed by atoms with E-state index in [2.05, 4.69) is 16.5 Å². The van der Waals surface area contributed by atoms with E-state index in [1.54, 1.807) is 0 Å². The van der Waals surface area contributed by atoms with Crippen molar-refractivity contribution >= 4 is 5.97 Å². The van der Waals surface area contributed by atoms with Crippen LogP contribution in [0, 0.1) is 5.92 Å². The Morgan fingerprint density at radius 1 is 1.41 bits per heavy atom. The first-order chi connectivity index (χ1) is 8.15. The number of methoxy groups -OCH3 is 1. The third kappa shape index (κ3) is 2.21. The minimum atomic E-state index is -0.157. The molecule has 4 nitrogen and oxygen atoms in total. The number of carbonyl (C=O) groups is 1. The summed E-state index contributed by atoms with van der Waals surface area (Å²) in [6.07, 6.45) is 6.47. The molecule has 1 aromatic rings. The number of carbonyl (C=O) groups excluding carboxylic acids is 1. The second kappa shape index (κ2) is 4.90. The lowest BCUT2D eigenvalue weighted by atomic mass is 9.98. The largest absolute Gasteiger partial charge is 0.469 e. The fourth-order valence-corrected chi connectivity index (χ4v) is 2.47. The standard InChI is InChI=1S/C13H20N2O2/c1-9(13(16)17-3)10(2)15-8-14-11-6-4-5-7-12(11)15/h8-10H,4-7H2,1-3H3. The van der Waals surface area contributed by atoms with Crippen LogP contribution in [0.15, 0.2) is 6.33 Å². The Morgan fingerprint density at radius 3 is 2.82 bits per heavy atom. The Balaban J connectivity index is 2.22. The maximum absolute atomic E-state index is 11.6. The molecular formula is C13H20N2O2. The van der Waals surface area contributed by atoms with Gasteiger partial charge < -0.3 is 9.30 Å². The van der Waals surface area contributed by atoms with Gasteiger partial charge in [-0.3, -0.25) is 4.79 Å². The Bertz CT molecular complexity index is 412. The zero-order valence-corrected chi connectivity index (χ0v) is 10.8. The fourth-order valence-electron chi connectivity index (χ4n) is 2.47. The van der Waals surface area contributed by atoms with Gasteiger partial charge in [-0.15, -0.1) is 0 Å². The third-order valence-electron chi connectivity index (χ3n) is 3.80. The normalized spacial score (nSPS) is 18.3. The van der Waals surface area contributed by atoms with Crippen molar-refractivity contribution in [2.75, 3.05) is 7.11 Å². The van der Waals surface area contributed by atoms with E-state index in [-0.39, 0.29) is 17.9 Å². The van der Waals surface area contributed by atoms with E-state index in [1.807, 2.05) is 13.3 Å². The highest BCUT2D eigenvalue weighted by atomic mass is 16.5. The molecule has 0 N–H and O–H groups in total. The molecule has 0 saturated heterocycles. The number of rotatable bonds is 3. The predicted octanol–water partition coefficient (Wildman–Crippen LogP) is 2.13. The average molecular weight is 236 g/mol. The summed E-state index contributed by atoms with van der Waals surface area (Å²) in [4.78, 5) is 16.0. The molecule has 2 atom stereocenters. The van der Waals surface area contributed by atoms with Crippen molar-refractivity contribution < 1.29 is 9.53 Å². The molecule has 0 fully saturated rings. The molecule has 94 valence electrons. The van der Waals surface area contributed by atoms with Gasteiger partial charge in [0.2, 0.25) is 0 Å². The summed E-state index contributed by atoms with van der Waals surface area (Å²) >= 11 is 0. The smallest absolute Gasteiger partial charge is 0.310 e.